The summed E-state index contributed by atoms with van der Waals surface area (Å²) in [7, 11) is 0. The Labute approximate surface area is 185 Å². The molecule has 2 aromatic carbocycles. The van der Waals surface area contributed by atoms with E-state index in [-0.39, 0.29) is 25.1 Å². The second-order valence-electron chi connectivity index (χ2n) is 8.34. The Balaban J connectivity index is 1.54. The molecule has 8 heteroatoms. The molecule has 2 aromatic rings. The maximum Gasteiger partial charge on any atom is 0.407 e. The van der Waals surface area contributed by atoms with Crippen molar-refractivity contribution >= 4 is 23.5 Å². The van der Waals surface area contributed by atoms with Crippen molar-refractivity contribution in [3.8, 4) is 5.75 Å². The number of ether oxygens (including phenoxy) is 1. The highest BCUT2D eigenvalue weighted by atomic mass is 16.5. The zero-order valence-electron chi connectivity index (χ0n) is 17.7. The third-order valence-electron chi connectivity index (χ3n) is 6.51. The number of hydrazone groups is 1. The van der Waals surface area contributed by atoms with E-state index < -0.39 is 11.6 Å². The van der Waals surface area contributed by atoms with Crippen LogP contribution >= 0.6 is 0 Å². The fourth-order valence-electron chi connectivity index (χ4n) is 4.81. The second kappa shape index (κ2) is 7.71. The SMILES string of the molecule is CC1(C2=CCN(C(=O)O)C(Cc3ccccc3)C2)C(=O)NN=C2COc3ccccc3N21. The van der Waals surface area contributed by atoms with Gasteiger partial charge in [-0.1, -0.05) is 48.5 Å². The van der Waals surface area contributed by atoms with Gasteiger partial charge in [-0.2, -0.15) is 5.10 Å². The van der Waals surface area contributed by atoms with Crippen LogP contribution in [0, 0.1) is 0 Å². The Hall–Kier alpha value is -3.81. The van der Waals surface area contributed by atoms with Gasteiger partial charge in [0.1, 0.15) is 17.9 Å². The van der Waals surface area contributed by atoms with E-state index in [1.54, 1.807) is 0 Å². The lowest BCUT2D eigenvalue weighted by atomic mass is 9.80. The van der Waals surface area contributed by atoms with Crippen molar-refractivity contribution in [1.29, 1.82) is 0 Å². The van der Waals surface area contributed by atoms with E-state index in [0.29, 0.717) is 24.4 Å². The predicted molar refractivity (Wildman–Crippen MR) is 120 cm³/mol. The van der Waals surface area contributed by atoms with Crippen LogP contribution in [0.5, 0.6) is 5.75 Å². The average molecular weight is 432 g/mol. The quantitative estimate of drug-likeness (QED) is 0.727. The van der Waals surface area contributed by atoms with Crippen molar-refractivity contribution in [3.63, 3.8) is 0 Å². The van der Waals surface area contributed by atoms with Gasteiger partial charge in [-0.15, -0.1) is 0 Å². The molecule has 2 N–H and O–H groups in total. The van der Waals surface area contributed by atoms with Crippen molar-refractivity contribution in [2.24, 2.45) is 5.10 Å². The van der Waals surface area contributed by atoms with Crippen LogP contribution < -0.4 is 15.1 Å². The first-order valence-electron chi connectivity index (χ1n) is 10.6. The van der Waals surface area contributed by atoms with Crippen molar-refractivity contribution in [2.75, 3.05) is 18.1 Å². The summed E-state index contributed by atoms with van der Waals surface area (Å²) in [5.41, 5.74) is 4.31. The number of carboxylic acid groups (broad SMARTS) is 1. The summed E-state index contributed by atoms with van der Waals surface area (Å²) in [4.78, 5) is 28.6. The van der Waals surface area contributed by atoms with Crippen LogP contribution in [0.1, 0.15) is 18.9 Å². The Morgan fingerprint density at radius 1 is 1.22 bits per heavy atom. The van der Waals surface area contributed by atoms with Gasteiger partial charge < -0.3 is 19.6 Å². The number of amidine groups is 1. The van der Waals surface area contributed by atoms with Crippen molar-refractivity contribution < 1.29 is 19.4 Å². The van der Waals surface area contributed by atoms with Crippen LogP contribution in [0.25, 0.3) is 0 Å². The summed E-state index contributed by atoms with van der Waals surface area (Å²) < 4.78 is 5.83. The Morgan fingerprint density at radius 3 is 2.75 bits per heavy atom. The maximum atomic E-state index is 13.3. The smallest absolute Gasteiger partial charge is 0.407 e. The number of hydrogen-bond acceptors (Lipinski definition) is 5. The van der Waals surface area contributed by atoms with Gasteiger partial charge in [0.2, 0.25) is 0 Å². The first-order valence-corrected chi connectivity index (χ1v) is 10.6. The van der Waals surface area contributed by atoms with Gasteiger partial charge in [-0.3, -0.25) is 4.79 Å². The van der Waals surface area contributed by atoms with Gasteiger partial charge in [0, 0.05) is 12.6 Å². The number of benzene rings is 2. The fraction of sp³-hybridized carbons (Fsp3) is 0.292. The lowest BCUT2D eigenvalue weighted by Crippen LogP contribution is -2.66. The van der Waals surface area contributed by atoms with Gasteiger partial charge in [0.05, 0.1) is 5.69 Å². The molecule has 8 nitrogen and oxygen atoms in total. The Bertz CT molecular complexity index is 1130. The van der Waals surface area contributed by atoms with Gasteiger partial charge in [0.15, 0.2) is 5.84 Å². The van der Waals surface area contributed by atoms with E-state index >= 15 is 0 Å². The molecule has 164 valence electrons. The molecule has 0 aromatic heterocycles. The van der Waals surface area contributed by atoms with Gasteiger partial charge >= 0.3 is 6.09 Å². The number of hydrogen-bond donors (Lipinski definition) is 2. The highest BCUT2D eigenvalue weighted by Crippen LogP contribution is 2.43. The predicted octanol–water partition coefficient (Wildman–Crippen LogP) is 3.01. The minimum absolute atomic E-state index is 0.226. The molecule has 2 amide bonds. The van der Waals surface area contributed by atoms with Crippen LogP contribution in [0.3, 0.4) is 0 Å². The van der Waals surface area contributed by atoms with E-state index in [9.17, 15) is 14.7 Å². The number of rotatable bonds is 3. The Kier molecular flexibility index (Phi) is 4.84. The topological polar surface area (TPSA) is 94.5 Å². The molecule has 0 saturated heterocycles. The van der Waals surface area contributed by atoms with E-state index in [1.807, 2.05) is 72.5 Å². The average Bonchev–Trinajstić information content (AvgIpc) is 2.81. The minimum Gasteiger partial charge on any atom is -0.483 e. The first kappa shape index (κ1) is 20.1. The van der Waals surface area contributed by atoms with Crippen LogP contribution in [-0.4, -0.2) is 52.6 Å². The molecule has 0 bridgehead atoms. The number of para-hydroxylation sites is 2. The lowest BCUT2D eigenvalue weighted by Gasteiger charge is -2.49. The number of fused-ring (bicyclic) bond motifs is 3. The Morgan fingerprint density at radius 2 is 1.97 bits per heavy atom. The molecule has 32 heavy (non-hydrogen) atoms. The highest BCUT2D eigenvalue weighted by Gasteiger charge is 2.51. The summed E-state index contributed by atoms with van der Waals surface area (Å²) in [6.45, 7) is 2.35. The molecule has 2 atom stereocenters. The minimum atomic E-state index is -1.05. The monoisotopic (exact) mass is 432 g/mol. The number of nitrogens with zero attached hydrogens (tertiary/aromatic N) is 3. The normalized spacial score (nSPS) is 24.4. The van der Waals surface area contributed by atoms with Crippen molar-refractivity contribution in [3.05, 3.63) is 71.8 Å². The van der Waals surface area contributed by atoms with E-state index in [0.717, 1.165) is 16.8 Å². The second-order valence-corrected chi connectivity index (χ2v) is 8.34. The molecule has 0 saturated carbocycles. The number of carbonyl (C=O) groups is 2. The van der Waals surface area contributed by atoms with Gasteiger partial charge in [-0.05, 0) is 43.0 Å². The van der Waals surface area contributed by atoms with Crippen LogP contribution in [0.4, 0.5) is 10.5 Å². The molecule has 5 rings (SSSR count). The largest absolute Gasteiger partial charge is 0.483 e. The summed E-state index contributed by atoms with van der Waals surface area (Å²) in [5.74, 6) is 1.06. The van der Waals surface area contributed by atoms with Gasteiger partial charge in [0.25, 0.3) is 5.91 Å². The van der Waals surface area contributed by atoms with Crippen LogP contribution in [0.2, 0.25) is 0 Å². The molecule has 0 spiro atoms. The lowest BCUT2D eigenvalue weighted by molar-refractivity contribution is -0.125. The molecule has 2 unspecified atom stereocenters. The molecular formula is C24H24N4O4. The van der Waals surface area contributed by atoms with Crippen molar-refractivity contribution in [2.45, 2.75) is 31.3 Å². The summed E-state index contributed by atoms with van der Waals surface area (Å²) in [6.07, 6.45) is 1.93. The summed E-state index contributed by atoms with van der Waals surface area (Å²) in [5, 5.41) is 14.0. The fourth-order valence-corrected chi connectivity index (χ4v) is 4.81. The third kappa shape index (κ3) is 3.19. The standard InChI is InChI=1S/C24H24N4O4/c1-24(22(29)26-25-21-15-32-20-10-6-5-9-19(20)28(21)24)17-11-12-27(23(30)31)18(14-17)13-16-7-3-2-4-8-16/h2-11,18H,12-15H2,1H3,(H,26,29)(H,30,31). The van der Waals surface area contributed by atoms with Crippen LogP contribution in [0.15, 0.2) is 71.3 Å². The zero-order valence-corrected chi connectivity index (χ0v) is 17.7. The molecule has 0 fully saturated rings. The number of carbonyl (C=O) groups excluding carboxylic acids is 1. The van der Waals surface area contributed by atoms with Gasteiger partial charge in [-0.25, -0.2) is 10.2 Å². The maximum absolute atomic E-state index is 13.3. The highest BCUT2D eigenvalue weighted by molar-refractivity contribution is 6.12. The molecule has 3 aliphatic heterocycles. The number of amides is 2. The molecule has 0 radical (unpaired) electrons. The summed E-state index contributed by atoms with van der Waals surface area (Å²) in [6, 6.07) is 17.1. The number of nitrogens with one attached hydrogen (secondary N) is 1. The van der Waals surface area contributed by atoms with Crippen LogP contribution in [-0.2, 0) is 11.2 Å². The first-order chi connectivity index (χ1) is 15.5. The zero-order chi connectivity index (χ0) is 22.3. The van der Waals surface area contributed by atoms with E-state index in [2.05, 4.69) is 10.5 Å². The third-order valence-corrected chi connectivity index (χ3v) is 6.51. The molecule has 3 aliphatic rings. The van der Waals surface area contributed by atoms with Crippen molar-refractivity contribution in [1.82, 2.24) is 10.3 Å². The molecule has 0 aliphatic carbocycles. The number of anilines is 1. The van der Waals surface area contributed by atoms with E-state index in [4.69, 9.17) is 4.74 Å². The molecular weight excluding hydrogens is 408 g/mol. The van der Waals surface area contributed by atoms with E-state index in [1.165, 1.54) is 4.90 Å². The summed E-state index contributed by atoms with van der Waals surface area (Å²) >= 11 is 0. The molecule has 3 heterocycles.